The fraction of sp³-hybridized carbons (Fsp3) is 0.632. The van der Waals surface area contributed by atoms with Gasteiger partial charge in [0.1, 0.15) is 0 Å². The van der Waals surface area contributed by atoms with Crippen LogP contribution in [0.4, 0.5) is 4.79 Å². The molecule has 3 aliphatic rings. The van der Waals surface area contributed by atoms with Gasteiger partial charge in [0.2, 0.25) is 0 Å². The molecule has 2 amide bonds. The molecule has 25 heavy (non-hydrogen) atoms. The number of nitrogens with zero attached hydrogens (tertiary/aromatic N) is 2. The molecule has 2 heterocycles. The van der Waals surface area contributed by atoms with Gasteiger partial charge in [0.15, 0.2) is 9.84 Å². The molecule has 0 saturated carbocycles. The lowest BCUT2D eigenvalue weighted by Gasteiger charge is -2.38. The van der Waals surface area contributed by atoms with Crippen LogP contribution in [0.3, 0.4) is 0 Å². The average Bonchev–Trinajstić information content (AvgIpc) is 3.10. The summed E-state index contributed by atoms with van der Waals surface area (Å²) < 4.78 is 23.3. The molecule has 136 valence electrons. The van der Waals surface area contributed by atoms with Gasteiger partial charge >= 0.3 is 6.03 Å². The molecule has 1 aromatic carbocycles. The van der Waals surface area contributed by atoms with Crippen molar-refractivity contribution in [2.75, 3.05) is 31.1 Å². The molecular weight excluding hydrogens is 336 g/mol. The zero-order chi connectivity index (χ0) is 17.4. The monoisotopic (exact) mass is 362 g/mol. The largest absolute Gasteiger partial charge is 0.323 e. The second-order valence-corrected chi connectivity index (χ2v) is 9.83. The summed E-state index contributed by atoms with van der Waals surface area (Å²) in [5, 5.41) is 0. The molecule has 4 rings (SSSR count). The minimum Gasteiger partial charge on any atom is -0.323 e. The predicted octanol–water partition coefficient (Wildman–Crippen LogP) is 2.42. The predicted molar refractivity (Wildman–Crippen MR) is 97.5 cm³/mol. The van der Waals surface area contributed by atoms with Crippen LogP contribution in [0.25, 0.3) is 0 Å². The van der Waals surface area contributed by atoms with Crippen LogP contribution in [-0.4, -0.2) is 61.4 Å². The molecule has 1 aromatic rings. The van der Waals surface area contributed by atoms with Gasteiger partial charge in [-0.2, -0.15) is 0 Å². The van der Waals surface area contributed by atoms with Crippen LogP contribution in [-0.2, 0) is 16.3 Å². The molecule has 0 N–H and O–H groups in total. The first-order chi connectivity index (χ1) is 12.1. The lowest BCUT2D eigenvalue weighted by molar-refractivity contribution is 0.143. The van der Waals surface area contributed by atoms with Crippen molar-refractivity contribution in [3.63, 3.8) is 0 Å². The molecule has 0 aromatic heterocycles. The van der Waals surface area contributed by atoms with E-state index in [0.29, 0.717) is 19.0 Å². The number of amides is 2. The number of urea groups is 1. The first kappa shape index (κ1) is 16.9. The van der Waals surface area contributed by atoms with Crippen LogP contribution in [0.5, 0.6) is 0 Å². The minimum absolute atomic E-state index is 0.0421. The summed E-state index contributed by atoms with van der Waals surface area (Å²) in [6.07, 6.45) is 5.55. The van der Waals surface area contributed by atoms with Crippen molar-refractivity contribution in [2.45, 2.75) is 44.1 Å². The standard InChI is InChI=1S/C19H26N2O3S/c22-19(20-11-13-25(23,24)14-12-20)21-10-4-9-18(21)17-8-3-6-15-5-1-2-7-16(15)17/h1-2,5,7,17-18H,3-4,6,8-14H2. The summed E-state index contributed by atoms with van der Waals surface area (Å²) in [6, 6.07) is 8.96. The number of carbonyl (C=O) groups is 1. The van der Waals surface area contributed by atoms with E-state index in [1.165, 1.54) is 17.5 Å². The van der Waals surface area contributed by atoms with E-state index in [-0.39, 0.29) is 23.6 Å². The maximum Gasteiger partial charge on any atom is 0.320 e. The summed E-state index contributed by atoms with van der Waals surface area (Å²) in [4.78, 5) is 16.8. The van der Waals surface area contributed by atoms with E-state index in [0.717, 1.165) is 32.2 Å². The van der Waals surface area contributed by atoms with Gasteiger partial charge in [0.05, 0.1) is 11.5 Å². The number of aryl methyl sites for hydroxylation is 1. The maximum atomic E-state index is 13.0. The second-order valence-electron chi connectivity index (χ2n) is 7.52. The molecule has 5 nitrogen and oxygen atoms in total. The average molecular weight is 362 g/mol. The molecule has 6 heteroatoms. The highest BCUT2D eigenvalue weighted by Crippen LogP contribution is 2.40. The highest BCUT2D eigenvalue weighted by Gasteiger charge is 2.39. The van der Waals surface area contributed by atoms with E-state index in [1.54, 1.807) is 4.90 Å². The van der Waals surface area contributed by atoms with Crippen LogP contribution < -0.4 is 0 Å². The number of fused-ring (bicyclic) bond motifs is 1. The Hall–Kier alpha value is -1.56. The molecule has 2 unspecified atom stereocenters. The Balaban J connectivity index is 1.53. The summed E-state index contributed by atoms with van der Waals surface area (Å²) in [7, 11) is -2.96. The van der Waals surface area contributed by atoms with Crippen molar-refractivity contribution < 1.29 is 13.2 Å². The fourth-order valence-corrected chi connectivity index (χ4v) is 5.93. The van der Waals surface area contributed by atoms with Gasteiger partial charge in [0.25, 0.3) is 0 Å². The molecule has 2 fully saturated rings. The third kappa shape index (κ3) is 3.28. The van der Waals surface area contributed by atoms with Gasteiger partial charge in [-0.05, 0) is 43.2 Å². The van der Waals surface area contributed by atoms with Crippen molar-refractivity contribution in [2.24, 2.45) is 0 Å². The Morgan fingerprint density at radius 2 is 1.76 bits per heavy atom. The molecule has 2 aliphatic heterocycles. The van der Waals surface area contributed by atoms with Crippen molar-refractivity contribution >= 4 is 15.9 Å². The Labute approximate surface area is 149 Å². The Bertz CT molecular complexity index is 748. The van der Waals surface area contributed by atoms with Crippen LogP contribution >= 0.6 is 0 Å². The zero-order valence-corrected chi connectivity index (χ0v) is 15.4. The summed E-state index contributed by atoms with van der Waals surface area (Å²) >= 11 is 0. The molecule has 2 atom stereocenters. The lowest BCUT2D eigenvalue weighted by atomic mass is 9.78. The number of hydrogen-bond acceptors (Lipinski definition) is 3. The highest BCUT2D eigenvalue weighted by atomic mass is 32.2. The summed E-state index contributed by atoms with van der Waals surface area (Å²) in [5.74, 6) is 0.623. The van der Waals surface area contributed by atoms with Crippen molar-refractivity contribution in [3.05, 3.63) is 35.4 Å². The Kier molecular flexibility index (Phi) is 4.48. The van der Waals surface area contributed by atoms with E-state index >= 15 is 0 Å². The van der Waals surface area contributed by atoms with Crippen LogP contribution in [0.2, 0.25) is 0 Å². The van der Waals surface area contributed by atoms with E-state index in [1.807, 2.05) is 4.90 Å². The first-order valence-corrected chi connectivity index (χ1v) is 11.2. The van der Waals surface area contributed by atoms with Gasteiger partial charge in [-0.3, -0.25) is 0 Å². The topological polar surface area (TPSA) is 57.7 Å². The number of benzene rings is 1. The van der Waals surface area contributed by atoms with Crippen LogP contribution in [0.15, 0.2) is 24.3 Å². The van der Waals surface area contributed by atoms with E-state index in [4.69, 9.17) is 0 Å². The number of carbonyl (C=O) groups excluding carboxylic acids is 1. The summed E-state index contributed by atoms with van der Waals surface area (Å²) in [5.41, 5.74) is 2.85. The van der Waals surface area contributed by atoms with Gasteiger partial charge in [0, 0.05) is 31.6 Å². The minimum atomic E-state index is -2.96. The first-order valence-electron chi connectivity index (χ1n) is 9.39. The van der Waals surface area contributed by atoms with Gasteiger partial charge < -0.3 is 9.80 Å². The molecule has 0 radical (unpaired) electrons. The van der Waals surface area contributed by atoms with Gasteiger partial charge in [-0.15, -0.1) is 0 Å². The van der Waals surface area contributed by atoms with Crippen LogP contribution in [0, 0.1) is 0 Å². The normalized spacial score (nSPS) is 28.6. The third-order valence-corrected chi connectivity index (χ3v) is 7.65. The Morgan fingerprint density at radius 3 is 2.56 bits per heavy atom. The molecular formula is C19H26N2O3S. The van der Waals surface area contributed by atoms with Gasteiger partial charge in [-0.1, -0.05) is 24.3 Å². The number of likely N-dealkylation sites (tertiary alicyclic amines) is 1. The zero-order valence-electron chi connectivity index (χ0n) is 14.6. The van der Waals surface area contributed by atoms with Crippen molar-refractivity contribution in [1.82, 2.24) is 9.80 Å². The van der Waals surface area contributed by atoms with Crippen molar-refractivity contribution in [1.29, 1.82) is 0 Å². The highest BCUT2D eigenvalue weighted by molar-refractivity contribution is 7.91. The lowest BCUT2D eigenvalue weighted by Crippen LogP contribution is -2.52. The smallest absolute Gasteiger partial charge is 0.320 e. The number of sulfone groups is 1. The van der Waals surface area contributed by atoms with Crippen molar-refractivity contribution in [3.8, 4) is 0 Å². The Morgan fingerprint density at radius 1 is 1.00 bits per heavy atom. The number of hydrogen-bond donors (Lipinski definition) is 0. The quantitative estimate of drug-likeness (QED) is 0.771. The van der Waals surface area contributed by atoms with E-state index in [2.05, 4.69) is 24.3 Å². The molecule has 0 bridgehead atoms. The summed E-state index contributed by atoms with van der Waals surface area (Å²) in [6.45, 7) is 1.47. The van der Waals surface area contributed by atoms with E-state index in [9.17, 15) is 13.2 Å². The van der Waals surface area contributed by atoms with Gasteiger partial charge in [-0.25, -0.2) is 13.2 Å². The molecule has 1 aliphatic carbocycles. The van der Waals surface area contributed by atoms with E-state index < -0.39 is 9.84 Å². The SMILES string of the molecule is O=C(N1CCS(=O)(=O)CC1)N1CCCC1C1CCCc2ccccc21. The maximum absolute atomic E-state index is 13.0. The third-order valence-electron chi connectivity index (χ3n) is 6.04. The second kappa shape index (κ2) is 6.63. The number of rotatable bonds is 1. The van der Waals surface area contributed by atoms with Crippen LogP contribution in [0.1, 0.15) is 42.7 Å². The molecule has 0 spiro atoms. The molecule has 2 saturated heterocycles. The fourth-order valence-electron chi connectivity index (χ4n) is 4.72.